The third-order valence-corrected chi connectivity index (χ3v) is 3.51. The Kier molecular flexibility index (Phi) is 3.25. The number of morpholine rings is 1. The summed E-state index contributed by atoms with van der Waals surface area (Å²) >= 11 is 0. The Morgan fingerprint density at radius 2 is 2.21 bits per heavy atom. The zero-order valence-corrected chi connectivity index (χ0v) is 11.3. The zero-order chi connectivity index (χ0) is 13.2. The summed E-state index contributed by atoms with van der Waals surface area (Å²) in [7, 11) is 1.70. The minimum absolute atomic E-state index is 0.247. The van der Waals surface area contributed by atoms with E-state index < -0.39 is 0 Å². The van der Waals surface area contributed by atoms with Crippen LogP contribution in [0.3, 0.4) is 0 Å². The second kappa shape index (κ2) is 5.05. The van der Waals surface area contributed by atoms with Crippen molar-refractivity contribution in [3.05, 3.63) is 30.5 Å². The maximum atomic E-state index is 5.59. The van der Waals surface area contributed by atoms with Crippen molar-refractivity contribution in [2.75, 3.05) is 31.7 Å². The van der Waals surface area contributed by atoms with Crippen LogP contribution in [0.5, 0.6) is 5.75 Å². The van der Waals surface area contributed by atoms with Crippen LogP contribution in [0.25, 0.3) is 10.8 Å². The first-order chi connectivity index (χ1) is 9.29. The highest BCUT2D eigenvalue weighted by molar-refractivity contribution is 5.96. The average Bonchev–Trinajstić information content (AvgIpc) is 2.46. The molecule has 0 amide bonds. The number of hydrogen-bond acceptors (Lipinski definition) is 4. The highest BCUT2D eigenvalue weighted by Gasteiger charge is 2.20. The summed E-state index contributed by atoms with van der Waals surface area (Å²) in [6.45, 7) is 4.61. The van der Waals surface area contributed by atoms with Gasteiger partial charge in [0.15, 0.2) is 0 Å². The lowest BCUT2D eigenvalue weighted by atomic mass is 10.1. The first kappa shape index (κ1) is 12.2. The molecule has 0 radical (unpaired) electrons. The lowest BCUT2D eigenvalue weighted by Gasteiger charge is -2.32. The van der Waals surface area contributed by atoms with Gasteiger partial charge in [-0.2, -0.15) is 0 Å². The van der Waals surface area contributed by atoms with Crippen molar-refractivity contribution in [2.24, 2.45) is 0 Å². The predicted molar refractivity (Wildman–Crippen MR) is 75.9 cm³/mol. The van der Waals surface area contributed by atoms with Gasteiger partial charge < -0.3 is 14.4 Å². The van der Waals surface area contributed by atoms with Crippen molar-refractivity contribution >= 4 is 16.6 Å². The summed E-state index contributed by atoms with van der Waals surface area (Å²) in [5.74, 6) is 1.91. The Balaban J connectivity index is 2.08. The highest BCUT2D eigenvalue weighted by Crippen LogP contribution is 2.31. The van der Waals surface area contributed by atoms with Crippen LogP contribution in [-0.4, -0.2) is 37.9 Å². The number of fused-ring (bicyclic) bond motifs is 1. The number of methoxy groups -OCH3 is 1. The third-order valence-electron chi connectivity index (χ3n) is 3.51. The zero-order valence-electron chi connectivity index (χ0n) is 11.3. The Labute approximate surface area is 113 Å². The van der Waals surface area contributed by atoms with Crippen LogP contribution >= 0.6 is 0 Å². The van der Waals surface area contributed by atoms with Gasteiger partial charge in [0.05, 0.1) is 19.8 Å². The van der Waals surface area contributed by atoms with Crippen LogP contribution in [0.4, 0.5) is 5.82 Å². The van der Waals surface area contributed by atoms with Gasteiger partial charge in [-0.05, 0) is 19.1 Å². The smallest absolute Gasteiger partial charge is 0.136 e. The molecule has 0 bridgehead atoms. The van der Waals surface area contributed by atoms with Crippen molar-refractivity contribution < 1.29 is 9.47 Å². The Morgan fingerprint density at radius 1 is 1.32 bits per heavy atom. The van der Waals surface area contributed by atoms with Crippen LogP contribution < -0.4 is 9.64 Å². The monoisotopic (exact) mass is 258 g/mol. The average molecular weight is 258 g/mol. The van der Waals surface area contributed by atoms with Crippen LogP contribution in [0.2, 0.25) is 0 Å². The van der Waals surface area contributed by atoms with Crippen LogP contribution in [0, 0.1) is 0 Å². The van der Waals surface area contributed by atoms with E-state index in [4.69, 9.17) is 9.47 Å². The van der Waals surface area contributed by atoms with E-state index in [9.17, 15) is 0 Å². The molecule has 1 atom stereocenters. The summed E-state index contributed by atoms with van der Waals surface area (Å²) in [6, 6.07) is 8.09. The predicted octanol–water partition coefficient (Wildman–Crippen LogP) is 2.47. The normalized spacial score (nSPS) is 19.7. The molecular weight excluding hydrogens is 240 g/mol. The number of anilines is 1. The molecule has 2 aromatic rings. The van der Waals surface area contributed by atoms with Crippen LogP contribution in [-0.2, 0) is 4.74 Å². The van der Waals surface area contributed by atoms with Gasteiger partial charge in [0, 0.05) is 30.1 Å². The highest BCUT2D eigenvalue weighted by atomic mass is 16.5. The molecule has 1 fully saturated rings. The van der Waals surface area contributed by atoms with E-state index in [0.29, 0.717) is 0 Å². The van der Waals surface area contributed by atoms with Gasteiger partial charge in [0.2, 0.25) is 0 Å². The van der Waals surface area contributed by atoms with E-state index >= 15 is 0 Å². The first-order valence-electron chi connectivity index (χ1n) is 6.58. The van der Waals surface area contributed by atoms with Crippen molar-refractivity contribution in [3.63, 3.8) is 0 Å². The number of rotatable bonds is 2. The number of pyridine rings is 1. The van der Waals surface area contributed by atoms with Crippen molar-refractivity contribution in [1.82, 2.24) is 4.98 Å². The SMILES string of the molecule is COc1cccc2c(N3CCOC(C)C3)nccc12. The lowest BCUT2D eigenvalue weighted by molar-refractivity contribution is 0.0530. The number of nitrogens with zero attached hydrogens (tertiary/aromatic N) is 2. The maximum Gasteiger partial charge on any atom is 0.136 e. The van der Waals surface area contributed by atoms with E-state index in [1.807, 2.05) is 24.4 Å². The number of ether oxygens (including phenoxy) is 2. The van der Waals surface area contributed by atoms with E-state index in [0.717, 1.165) is 42.0 Å². The molecule has 0 saturated carbocycles. The fraction of sp³-hybridized carbons (Fsp3) is 0.400. The summed E-state index contributed by atoms with van der Waals surface area (Å²) in [6.07, 6.45) is 2.09. The molecular formula is C15H18N2O2. The van der Waals surface area contributed by atoms with Crippen molar-refractivity contribution in [3.8, 4) is 5.75 Å². The topological polar surface area (TPSA) is 34.6 Å². The third kappa shape index (κ3) is 2.24. The molecule has 1 aromatic carbocycles. The van der Waals surface area contributed by atoms with E-state index in [2.05, 4.69) is 22.9 Å². The fourth-order valence-corrected chi connectivity index (χ4v) is 2.60. The quantitative estimate of drug-likeness (QED) is 0.829. The fourth-order valence-electron chi connectivity index (χ4n) is 2.60. The minimum atomic E-state index is 0.247. The molecule has 1 unspecified atom stereocenters. The number of aromatic nitrogens is 1. The van der Waals surface area contributed by atoms with Crippen LogP contribution in [0.1, 0.15) is 6.92 Å². The van der Waals surface area contributed by atoms with Crippen LogP contribution in [0.15, 0.2) is 30.5 Å². The second-order valence-electron chi connectivity index (χ2n) is 4.82. The lowest BCUT2D eigenvalue weighted by Crippen LogP contribution is -2.41. The molecule has 3 rings (SSSR count). The van der Waals surface area contributed by atoms with Gasteiger partial charge in [-0.15, -0.1) is 0 Å². The van der Waals surface area contributed by atoms with E-state index in [1.165, 1.54) is 0 Å². The summed E-state index contributed by atoms with van der Waals surface area (Å²) in [5, 5.41) is 2.24. The Hall–Kier alpha value is -1.81. The summed E-state index contributed by atoms with van der Waals surface area (Å²) < 4.78 is 11.0. The second-order valence-corrected chi connectivity index (χ2v) is 4.82. The summed E-state index contributed by atoms with van der Waals surface area (Å²) in [4.78, 5) is 6.84. The molecule has 2 heterocycles. The molecule has 0 aliphatic carbocycles. The molecule has 1 aliphatic heterocycles. The molecule has 1 saturated heterocycles. The van der Waals surface area contributed by atoms with Gasteiger partial charge in [-0.25, -0.2) is 4.98 Å². The molecule has 100 valence electrons. The molecule has 0 N–H and O–H groups in total. The van der Waals surface area contributed by atoms with Gasteiger partial charge in [-0.1, -0.05) is 12.1 Å². The van der Waals surface area contributed by atoms with Gasteiger partial charge in [0.1, 0.15) is 11.6 Å². The molecule has 19 heavy (non-hydrogen) atoms. The maximum absolute atomic E-state index is 5.59. The van der Waals surface area contributed by atoms with Gasteiger partial charge in [0.25, 0.3) is 0 Å². The van der Waals surface area contributed by atoms with Crippen molar-refractivity contribution in [1.29, 1.82) is 0 Å². The molecule has 1 aliphatic rings. The molecule has 4 nitrogen and oxygen atoms in total. The number of benzene rings is 1. The van der Waals surface area contributed by atoms with E-state index in [1.54, 1.807) is 7.11 Å². The standard InChI is InChI=1S/C15H18N2O2/c1-11-10-17(8-9-19-11)15-13-4-3-5-14(18-2)12(13)6-7-16-15/h3-7,11H,8-10H2,1-2H3. The van der Waals surface area contributed by atoms with Gasteiger partial charge in [-0.3, -0.25) is 0 Å². The molecule has 0 spiro atoms. The van der Waals surface area contributed by atoms with E-state index in [-0.39, 0.29) is 6.10 Å². The Morgan fingerprint density at radius 3 is 3.00 bits per heavy atom. The Bertz CT molecular complexity index is 585. The van der Waals surface area contributed by atoms with Crippen molar-refractivity contribution in [2.45, 2.75) is 13.0 Å². The molecule has 4 heteroatoms. The largest absolute Gasteiger partial charge is 0.496 e. The first-order valence-corrected chi connectivity index (χ1v) is 6.58. The number of hydrogen-bond donors (Lipinski definition) is 0. The minimum Gasteiger partial charge on any atom is -0.496 e. The van der Waals surface area contributed by atoms with Gasteiger partial charge >= 0.3 is 0 Å². The summed E-state index contributed by atoms with van der Waals surface area (Å²) in [5.41, 5.74) is 0. The molecule has 1 aromatic heterocycles.